The van der Waals surface area contributed by atoms with Crippen LogP contribution in [-0.2, 0) is 4.43 Å². The monoisotopic (exact) mass is 184 g/mol. The fourth-order valence-electron chi connectivity index (χ4n) is 0.836. The molecule has 0 saturated heterocycles. The highest BCUT2D eigenvalue weighted by molar-refractivity contribution is 6.70. The molecule has 0 amide bonds. The molecule has 0 N–H and O–H groups in total. The summed E-state index contributed by atoms with van der Waals surface area (Å²) in [5.74, 6) is 1.03. The van der Waals surface area contributed by atoms with Crippen molar-refractivity contribution in [3.05, 3.63) is 23.5 Å². The van der Waals surface area contributed by atoms with Crippen LogP contribution in [-0.4, -0.2) is 8.32 Å². The Balaban J connectivity index is 4.49. The first kappa shape index (κ1) is 11.5. The molecule has 0 aliphatic carbocycles. The number of allylic oxidation sites excluding steroid dienone is 3. The second-order valence-electron chi connectivity index (χ2n) is 4.18. The van der Waals surface area contributed by atoms with Gasteiger partial charge in [0.05, 0.1) is 5.76 Å². The molecule has 0 rings (SSSR count). The Bertz CT molecular complexity index is 208. The normalized spacial score (nSPS) is 13.8. The Morgan fingerprint density at radius 3 is 1.75 bits per heavy atom. The van der Waals surface area contributed by atoms with Gasteiger partial charge in [-0.3, -0.25) is 0 Å². The van der Waals surface area contributed by atoms with Crippen LogP contribution in [0.4, 0.5) is 0 Å². The van der Waals surface area contributed by atoms with Gasteiger partial charge >= 0.3 is 0 Å². The van der Waals surface area contributed by atoms with Crippen molar-refractivity contribution in [2.45, 2.75) is 40.4 Å². The second-order valence-corrected chi connectivity index (χ2v) is 8.60. The molecule has 0 aromatic heterocycles. The molecule has 0 fully saturated rings. The zero-order valence-corrected chi connectivity index (χ0v) is 10.1. The molecule has 0 unspecified atom stereocenters. The van der Waals surface area contributed by atoms with E-state index < -0.39 is 8.32 Å². The highest BCUT2D eigenvalue weighted by Gasteiger charge is 2.16. The molecule has 0 radical (unpaired) electrons. The summed E-state index contributed by atoms with van der Waals surface area (Å²) < 4.78 is 5.82. The molecule has 0 spiro atoms. The first-order valence-corrected chi connectivity index (χ1v) is 7.67. The Kier molecular flexibility index (Phi) is 3.78. The van der Waals surface area contributed by atoms with E-state index in [0.717, 1.165) is 11.3 Å². The maximum Gasteiger partial charge on any atom is 0.241 e. The predicted molar refractivity (Wildman–Crippen MR) is 57.6 cm³/mol. The zero-order chi connectivity index (χ0) is 9.94. The van der Waals surface area contributed by atoms with Crippen LogP contribution in [0.15, 0.2) is 23.5 Å². The van der Waals surface area contributed by atoms with E-state index in [4.69, 9.17) is 4.43 Å². The average molecular weight is 184 g/mol. The van der Waals surface area contributed by atoms with Crippen molar-refractivity contribution < 1.29 is 4.43 Å². The molecule has 0 aromatic rings. The topological polar surface area (TPSA) is 9.23 Å². The first-order chi connectivity index (χ1) is 5.24. The molecule has 0 aliphatic heterocycles. The quantitative estimate of drug-likeness (QED) is 0.369. The molecule has 0 bridgehead atoms. The van der Waals surface area contributed by atoms with E-state index >= 15 is 0 Å². The molecule has 0 saturated carbocycles. The van der Waals surface area contributed by atoms with Crippen LogP contribution in [0.5, 0.6) is 0 Å². The van der Waals surface area contributed by atoms with E-state index in [1.807, 2.05) is 13.8 Å². The summed E-state index contributed by atoms with van der Waals surface area (Å²) in [5.41, 5.74) is 2.27. The summed E-state index contributed by atoms with van der Waals surface area (Å²) in [6, 6.07) is 0. The third kappa shape index (κ3) is 4.39. The summed E-state index contributed by atoms with van der Waals surface area (Å²) in [6.45, 7) is 16.5. The van der Waals surface area contributed by atoms with Crippen LogP contribution in [0.25, 0.3) is 0 Å². The highest BCUT2D eigenvalue weighted by atomic mass is 28.4. The van der Waals surface area contributed by atoms with Crippen molar-refractivity contribution in [3.8, 4) is 0 Å². The lowest BCUT2D eigenvalue weighted by molar-refractivity contribution is 0.419. The van der Waals surface area contributed by atoms with Crippen molar-refractivity contribution in [2.24, 2.45) is 0 Å². The van der Waals surface area contributed by atoms with Crippen LogP contribution >= 0.6 is 0 Å². The summed E-state index contributed by atoms with van der Waals surface area (Å²) in [4.78, 5) is 0. The van der Waals surface area contributed by atoms with Gasteiger partial charge in [-0.2, -0.15) is 0 Å². The highest BCUT2D eigenvalue weighted by Crippen LogP contribution is 2.17. The van der Waals surface area contributed by atoms with Crippen molar-refractivity contribution in [2.75, 3.05) is 0 Å². The minimum atomic E-state index is -1.43. The summed E-state index contributed by atoms with van der Waals surface area (Å²) in [7, 11) is -1.43. The Morgan fingerprint density at radius 2 is 1.50 bits per heavy atom. The molecule has 0 aliphatic rings. The molecular weight excluding hydrogens is 164 g/mol. The third-order valence-corrected chi connectivity index (χ3v) is 2.55. The van der Waals surface area contributed by atoms with Gasteiger partial charge in [-0.1, -0.05) is 12.2 Å². The molecule has 70 valence electrons. The van der Waals surface area contributed by atoms with Gasteiger partial charge < -0.3 is 4.43 Å². The number of hydrogen-bond donors (Lipinski definition) is 0. The molecule has 0 aromatic carbocycles. The molecule has 2 heteroatoms. The van der Waals surface area contributed by atoms with E-state index in [0.29, 0.717) is 0 Å². The lowest BCUT2D eigenvalue weighted by Crippen LogP contribution is -2.24. The van der Waals surface area contributed by atoms with E-state index in [-0.39, 0.29) is 0 Å². The summed E-state index contributed by atoms with van der Waals surface area (Å²) in [5, 5.41) is 0. The van der Waals surface area contributed by atoms with Crippen molar-refractivity contribution in [3.63, 3.8) is 0 Å². The standard InChI is InChI=1S/C10H20OSi/c1-8(2)9(3)10(4)11-12(5,6)7/h1H2,2-7H3/b10-9-. The van der Waals surface area contributed by atoms with E-state index in [1.54, 1.807) is 0 Å². The first-order valence-electron chi connectivity index (χ1n) is 4.26. The minimum Gasteiger partial charge on any atom is -0.547 e. The number of rotatable bonds is 3. The lowest BCUT2D eigenvalue weighted by atomic mass is 10.1. The van der Waals surface area contributed by atoms with E-state index in [1.165, 1.54) is 5.57 Å². The number of hydrogen-bond acceptors (Lipinski definition) is 1. The largest absolute Gasteiger partial charge is 0.547 e. The summed E-state index contributed by atoms with van der Waals surface area (Å²) in [6.07, 6.45) is 0. The summed E-state index contributed by atoms with van der Waals surface area (Å²) >= 11 is 0. The molecule has 1 nitrogen and oxygen atoms in total. The molecule has 0 atom stereocenters. The zero-order valence-electron chi connectivity index (χ0n) is 9.12. The van der Waals surface area contributed by atoms with Gasteiger partial charge in [0.1, 0.15) is 0 Å². The second kappa shape index (κ2) is 3.94. The van der Waals surface area contributed by atoms with Crippen LogP contribution in [0, 0.1) is 0 Å². The van der Waals surface area contributed by atoms with E-state index in [9.17, 15) is 0 Å². The van der Waals surface area contributed by atoms with Crippen LogP contribution in [0.3, 0.4) is 0 Å². The minimum absolute atomic E-state index is 1.03. The van der Waals surface area contributed by atoms with Gasteiger partial charge in [-0.05, 0) is 46.0 Å². The predicted octanol–water partition coefficient (Wildman–Crippen LogP) is 3.71. The van der Waals surface area contributed by atoms with Crippen LogP contribution in [0.1, 0.15) is 20.8 Å². The maximum atomic E-state index is 5.82. The van der Waals surface area contributed by atoms with Gasteiger partial charge in [-0.15, -0.1) is 0 Å². The van der Waals surface area contributed by atoms with Gasteiger partial charge in [0.15, 0.2) is 0 Å². The lowest BCUT2D eigenvalue weighted by Gasteiger charge is -2.21. The van der Waals surface area contributed by atoms with Gasteiger partial charge in [0.2, 0.25) is 8.32 Å². The third-order valence-electron chi connectivity index (χ3n) is 1.63. The van der Waals surface area contributed by atoms with Crippen molar-refractivity contribution in [1.29, 1.82) is 0 Å². The Hall–Kier alpha value is -0.503. The molecule has 12 heavy (non-hydrogen) atoms. The fourth-order valence-corrected chi connectivity index (χ4v) is 1.91. The van der Waals surface area contributed by atoms with Crippen LogP contribution in [0.2, 0.25) is 19.6 Å². The Morgan fingerprint density at radius 1 is 1.08 bits per heavy atom. The van der Waals surface area contributed by atoms with Crippen LogP contribution < -0.4 is 0 Å². The smallest absolute Gasteiger partial charge is 0.241 e. The van der Waals surface area contributed by atoms with Crippen molar-refractivity contribution in [1.82, 2.24) is 0 Å². The van der Waals surface area contributed by atoms with E-state index in [2.05, 4.69) is 33.1 Å². The van der Waals surface area contributed by atoms with Gasteiger partial charge in [-0.25, -0.2) is 0 Å². The SMILES string of the molecule is C=C(C)/C(C)=C(/C)O[Si](C)(C)C. The fraction of sp³-hybridized carbons (Fsp3) is 0.600. The molecule has 0 heterocycles. The van der Waals surface area contributed by atoms with Crippen molar-refractivity contribution >= 4 is 8.32 Å². The molecular formula is C10H20OSi. The van der Waals surface area contributed by atoms with Gasteiger partial charge in [0, 0.05) is 0 Å². The Labute approximate surface area is 77.3 Å². The average Bonchev–Trinajstić information content (AvgIpc) is 1.82. The maximum absolute atomic E-state index is 5.82. The van der Waals surface area contributed by atoms with Gasteiger partial charge in [0.25, 0.3) is 0 Å².